The summed E-state index contributed by atoms with van der Waals surface area (Å²) in [5.41, 5.74) is 7.20. The molecule has 0 aliphatic rings. The fourth-order valence-electron chi connectivity index (χ4n) is 1.69. The van der Waals surface area contributed by atoms with Crippen LogP contribution in [0.3, 0.4) is 0 Å². The predicted octanol–water partition coefficient (Wildman–Crippen LogP) is 1.98. The monoisotopic (exact) mass is 251 g/mol. The lowest BCUT2D eigenvalue weighted by Crippen LogP contribution is -1.92. The largest absolute Gasteiger partial charge is 0.419 e. The van der Waals surface area contributed by atoms with Crippen molar-refractivity contribution in [1.82, 2.24) is 14.8 Å². The van der Waals surface area contributed by atoms with E-state index in [2.05, 4.69) is 10.1 Å². The molecular formula is C13H9N5O. The van der Waals surface area contributed by atoms with Gasteiger partial charge in [0, 0.05) is 6.20 Å². The fourth-order valence-corrected chi connectivity index (χ4v) is 1.69. The molecule has 1 aromatic carbocycles. The van der Waals surface area contributed by atoms with E-state index in [0.717, 1.165) is 5.69 Å². The molecule has 0 radical (unpaired) electrons. The summed E-state index contributed by atoms with van der Waals surface area (Å²) in [4.78, 5) is 4.00. The summed E-state index contributed by atoms with van der Waals surface area (Å²) in [5.74, 6) is 0.307. The van der Waals surface area contributed by atoms with Crippen LogP contribution >= 0.6 is 0 Å². The average molecular weight is 251 g/mol. The summed E-state index contributed by atoms with van der Waals surface area (Å²) < 4.78 is 6.93. The lowest BCUT2D eigenvalue weighted by atomic mass is 10.3. The molecule has 92 valence electrons. The number of oxazole rings is 1. The highest BCUT2D eigenvalue weighted by molar-refractivity contribution is 5.56. The first-order chi connectivity index (χ1) is 9.28. The molecule has 0 aliphatic carbocycles. The zero-order chi connectivity index (χ0) is 13.2. The van der Waals surface area contributed by atoms with E-state index in [-0.39, 0.29) is 17.5 Å². The van der Waals surface area contributed by atoms with Crippen LogP contribution in [0.5, 0.6) is 0 Å². The summed E-state index contributed by atoms with van der Waals surface area (Å²) in [6.45, 7) is 0. The van der Waals surface area contributed by atoms with Gasteiger partial charge < -0.3 is 10.2 Å². The van der Waals surface area contributed by atoms with E-state index >= 15 is 0 Å². The Morgan fingerprint density at radius 2 is 2.05 bits per heavy atom. The van der Waals surface area contributed by atoms with Gasteiger partial charge in [0.15, 0.2) is 0 Å². The molecule has 0 amide bonds. The SMILES string of the molecule is N#Cc1nc(-c2cnn(-c3ccccc3)c2)oc1N. The number of para-hydroxylation sites is 1. The number of nitrogens with two attached hydrogens (primary N) is 1. The first-order valence-corrected chi connectivity index (χ1v) is 5.55. The molecule has 3 aromatic rings. The van der Waals surface area contributed by atoms with Gasteiger partial charge >= 0.3 is 0 Å². The molecule has 0 atom stereocenters. The quantitative estimate of drug-likeness (QED) is 0.751. The van der Waals surface area contributed by atoms with Crippen LogP contribution in [0.25, 0.3) is 17.1 Å². The number of anilines is 1. The van der Waals surface area contributed by atoms with Gasteiger partial charge in [-0.1, -0.05) is 18.2 Å². The van der Waals surface area contributed by atoms with Crippen LogP contribution in [0.2, 0.25) is 0 Å². The van der Waals surface area contributed by atoms with Crippen LogP contribution in [0.15, 0.2) is 47.1 Å². The van der Waals surface area contributed by atoms with Gasteiger partial charge in [-0.3, -0.25) is 0 Å². The Kier molecular flexibility index (Phi) is 2.50. The van der Waals surface area contributed by atoms with Gasteiger partial charge in [-0.25, -0.2) is 4.68 Å². The lowest BCUT2D eigenvalue weighted by molar-refractivity contribution is 0.593. The summed E-state index contributed by atoms with van der Waals surface area (Å²) in [7, 11) is 0. The Balaban J connectivity index is 2.00. The molecule has 6 nitrogen and oxygen atoms in total. The minimum atomic E-state index is 0.0185. The van der Waals surface area contributed by atoms with Gasteiger partial charge in [-0.15, -0.1) is 0 Å². The smallest absolute Gasteiger partial charge is 0.233 e. The van der Waals surface area contributed by atoms with Gasteiger partial charge in [-0.05, 0) is 12.1 Å². The predicted molar refractivity (Wildman–Crippen MR) is 68.2 cm³/mol. The Bertz CT molecular complexity index is 751. The van der Waals surface area contributed by atoms with E-state index < -0.39 is 0 Å². The highest BCUT2D eigenvalue weighted by Crippen LogP contribution is 2.23. The molecule has 2 aromatic heterocycles. The molecule has 0 fully saturated rings. The first-order valence-electron chi connectivity index (χ1n) is 5.55. The van der Waals surface area contributed by atoms with Crippen molar-refractivity contribution < 1.29 is 4.42 Å². The second-order valence-electron chi connectivity index (χ2n) is 3.85. The van der Waals surface area contributed by atoms with Gasteiger partial charge in [-0.2, -0.15) is 15.3 Å². The molecule has 2 N–H and O–H groups in total. The van der Waals surface area contributed by atoms with E-state index in [4.69, 9.17) is 15.4 Å². The third-order valence-corrected chi connectivity index (χ3v) is 2.61. The maximum Gasteiger partial charge on any atom is 0.233 e. The van der Waals surface area contributed by atoms with Gasteiger partial charge in [0.25, 0.3) is 0 Å². The van der Waals surface area contributed by atoms with Crippen molar-refractivity contribution in [2.24, 2.45) is 0 Å². The van der Waals surface area contributed by atoms with E-state index in [0.29, 0.717) is 5.56 Å². The zero-order valence-electron chi connectivity index (χ0n) is 9.82. The van der Waals surface area contributed by atoms with E-state index in [1.165, 1.54) is 0 Å². The maximum atomic E-state index is 8.79. The molecule has 6 heteroatoms. The van der Waals surface area contributed by atoms with Crippen molar-refractivity contribution >= 4 is 5.88 Å². The molecule has 0 spiro atoms. The van der Waals surface area contributed by atoms with Crippen LogP contribution in [-0.2, 0) is 0 Å². The lowest BCUT2D eigenvalue weighted by Gasteiger charge is -1.98. The van der Waals surface area contributed by atoms with Crippen molar-refractivity contribution in [2.45, 2.75) is 0 Å². The number of rotatable bonds is 2. The number of nitriles is 1. The van der Waals surface area contributed by atoms with Crippen molar-refractivity contribution in [3.8, 4) is 23.2 Å². The number of aromatic nitrogens is 3. The van der Waals surface area contributed by atoms with E-state index in [1.807, 2.05) is 36.4 Å². The molecule has 0 unspecified atom stereocenters. The number of benzene rings is 1. The number of hydrogen-bond acceptors (Lipinski definition) is 5. The molecule has 0 saturated heterocycles. The number of hydrogen-bond donors (Lipinski definition) is 1. The summed E-state index contributed by atoms with van der Waals surface area (Å²) in [5, 5.41) is 13.0. The first kappa shape index (κ1) is 11.0. The summed E-state index contributed by atoms with van der Waals surface area (Å²) in [6, 6.07) is 11.5. The standard InChI is InChI=1S/C13H9N5O/c14-6-11-12(15)19-13(17-11)9-7-16-18(8-9)10-4-2-1-3-5-10/h1-5,7-8H,15H2. The third-order valence-electron chi connectivity index (χ3n) is 2.61. The van der Waals surface area contributed by atoms with Crippen molar-refractivity contribution in [3.05, 3.63) is 48.4 Å². The third kappa shape index (κ3) is 1.93. The van der Waals surface area contributed by atoms with Crippen molar-refractivity contribution in [2.75, 3.05) is 5.73 Å². The van der Waals surface area contributed by atoms with E-state index in [9.17, 15) is 0 Å². The molecule has 0 aliphatic heterocycles. The normalized spacial score (nSPS) is 10.3. The minimum absolute atomic E-state index is 0.0185. The molecule has 2 heterocycles. The number of nitrogens with zero attached hydrogens (tertiary/aromatic N) is 4. The highest BCUT2D eigenvalue weighted by atomic mass is 16.4. The molecular weight excluding hydrogens is 242 g/mol. The average Bonchev–Trinajstić information content (AvgIpc) is 3.06. The summed E-state index contributed by atoms with van der Waals surface area (Å²) >= 11 is 0. The molecule has 19 heavy (non-hydrogen) atoms. The number of nitrogen functional groups attached to an aromatic ring is 1. The van der Waals surface area contributed by atoms with Crippen LogP contribution in [0, 0.1) is 11.3 Å². The van der Waals surface area contributed by atoms with Crippen LogP contribution in [0.1, 0.15) is 5.69 Å². The topological polar surface area (TPSA) is 93.7 Å². The Morgan fingerprint density at radius 1 is 1.26 bits per heavy atom. The maximum absolute atomic E-state index is 8.79. The van der Waals surface area contributed by atoms with Crippen LogP contribution < -0.4 is 5.73 Å². The molecule has 0 saturated carbocycles. The van der Waals surface area contributed by atoms with Crippen molar-refractivity contribution in [1.29, 1.82) is 5.26 Å². The van der Waals surface area contributed by atoms with Gasteiger partial charge in [0.2, 0.25) is 17.5 Å². The van der Waals surface area contributed by atoms with Crippen LogP contribution in [0.4, 0.5) is 5.88 Å². The zero-order valence-corrected chi connectivity index (χ0v) is 9.82. The highest BCUT2D eigenvalue weighted by Gasteiger charge is 2.13. The Morgan fingerprint density at radius 3 is 2.74 bits per heavy atom. The van der Waals surface area contributed by atoms with E-state index in [1.54, 1.807) is 17.1 Å². The Hall–Kier alpha value is -3.07. The van der Waals surface area contributed by atoms with Gasteiger partial charge in [0.1, 0.15) is 6.07 Å². The van der Waals surface area contributed by atoms with Gasteiger partial charge in [0.05, 0.1) is 17.4 Å². The molecule has 3 rings (SSSR count). The van der Waals surface area contributed by atoms with Crippen LogP contribution in [-0.4, -0.2) is 14.8 Å². The summed E-state index contributed by atoms with van der Waals surface area (Å²) in [6.07, 6.45) is 3.38. The second-order valence-corrected chi connectivity index (χ2v) is 3.85. The van der Waals surface area contributed by atoms with Crippen molar-refractivity contribution in [3.63, 3.8) is 0 Å². The fraction of sp³-hybridized carbons (Fsp3) is 0. The second kappa shape index (κ2) is 4.31. The molecule has 0 bridgehead atoms. The Labute approximate surface area is 108 Å². The minimum Gasteiger partial charge on any atom is -0.419 e.